The molecule has 0 bridgehead atoms. The van der Waals surface area contributed by atoms with Gasteiger partial charge in [0.25, 0.3) is 0 Å². The van der Waals surface area contributed by atoms with Crippen molar-refractivity contribution in [3.05, 3.63) is 47.3 Å². The summed E-state index contributed by atoms with van der Waals surface area (Å²) in [6, 6.07) is 8.87. The van der Waals surface area contributed by atoms with Gasteiger partial charge in [-0.3, -0.25) is 4.72 Å². The van der Waals surface area contributed by atoms with E-state index in [0.29, 0.717) is 23.7 Å². The van der Waals surface area contributed by atoms with Gasteiger partial charge in [-0.05, 0) is 25.6 Å². The number of sulfonamides is 1. The predicted octanol–water partition coefficient (Wildman–Crippen LogP) is 1.64. The first-order valence-corrected chi connectivity index (χ1v) is 7.80. The van der Waals surface area contributed by atoms with Gasteiger partial charge in [0.1, 0.15) is 17.2 Å². The van der Waals surface area contributed by atoms with Gasteiger partial charge in [-0.25, -0.2) is 8.42 Å². The van der Waals surface area contributed by atoms with Crippen molar-refractivity contribution in [2.75, 3.05) is 11.8 Å². The van der Waals surface area contributed by atoms with Crippen LogP contribution in [0, 0.1) is 6.92 Å². The molecule has 0 spiro atoms. The van der Waals surface area contributed by atoms with Gasteiger partial charge in [-0.2, -0.15) is 0 Å². The molecule has 2 aromatic rings. The molecule has 20 heavy (non-hydrogen) atoms. The van der Waals surface area contributed by atoms with E-state index in [4.69, 9.17) is 4.52 Å². The van der Waals surface area contributed by atoms with E-state index < -0.39 is 10.0 Å². The van der Waals surface area contributed by atoms with Crippen LogP contribution in [0.5, 0.6) is 0 Å². The SMILES string of the molecule is CNCc1ccccc1NS(=O)(=O)Cc1cc(C)on1. The molecule has 0 aliphatic heterocycles. The number of aromatic nitrogens is 1. The first-order chi connectivity index (χ1) is 9.50. The zero-order valence-electron chi connectivity index (χ0n) is 11.4. The lowest BCUT2D eigenvalue weighted by atomic mass is 10.2. The Morgan fingerprint density at radius 1 is 1.30 bits per heavy atom. The molecule has 108 valence electrons. The molecule has 0 saturated heterocycles. The molecular formula is C13H17N3O3S. The monoisotopic (exact) mass is 295 g/mol. The topological polar surface area (TPSA) is 84.2 Å². The number of para-hydroxylation sites is 1. The molecule has 0 fully saturated rings. The summed E-state index contributed by atoms with van der Waals surface area (Å²) in [6.07, 6.45) is 0. The van der Waals surface area contributed by atoms with Gasteiger partial charge in [0, 0.05) is 12.6 Å². The van der Waals surface area contributed by atoms with E-state index in [9.17, 15) is 8.42 Å². The standard InChI is InChI=1S/C13H17N3O3S/c1-10-7-12(15-19-10)9-20(17,18)16-13-6-4-3-5-11(13)8-14-2/h3-7,14,16H,8-9H2,1-2H3. The molecule has 2 rings (SSSR count). The molecule has 1 aromatic carbocycles. The van der Waals surface area contributed by atoms with E-state index in [-0.39, 0.29) is 5.75 Å². The van der Waals surface area contributed by atoms with Crippen molar-refractivity contribution in [2.45, 2.75) is 19.2 Å². The lowest BCUT2D eigenvalue weighted by Gasteiger charge is -2.11. The lowest BCUT2D eigenvalue weighted by molar-refractivity contribution is 0.392. The van der Waals surface area contributed by atoms with Crippen molar-refractivity contribution in [2.24, 2.45) is 0 Å². The highest BCUT2D eigenvalue weighted by atomic mass is 32.2. The van der Waals surface area contributed by atoms with Crippen LogP contribution in [0.4, 0.5) is 5.69 Å². The van der Waals surface area contributed by atoms with E-state index in [2.05, 4.69) is 15.2 Å². The summed E-state index contributed by atoms with van der Waals surface area (Å²) in [5.74, 6) is 0.379. The molecule has 2 N–H and O–H groups in total. The molecule has 0 radical (unpaired) electrons. The van der Waals surface area contributed by atoms with E-state index in [1.807, 2.05) is 19.2 Å². The lowest BCUT2D eigenvalue weighted by Crippen LogP contribution is -2.17. The van der Waals surface area contributed by atoms with Crippen LogP contribution >= 0.6 is 0 Å². The van der Waals surface area contributed by atoms with Crippen LogP contribution in [0.1, 0.15) is 17.0 Å². The fourth-order valence-electron chi connectivity index (χ4n) is 1.85. The van der Waals surface area contributed by atoms with Crippen LogP contribution in [-0.4, -0.2) is 20.6 Å². The molecule has 7 heteroatoms. The van der Waals surface area contributed by atoms with Crippen LogP contribution in [0.15, 0.2) is 34.9 Å². The van der Waals surface area contributed by atoms with Crippen LogP contribution in [-0.2, 0) is 22.3 Å². The second-order valence-corrected chi connectivity index (χ2v) is 6.20. The highest BCUT2D eigenvalue weighted by molar-refractivity contribution is 7.91. The first-order valence-electron chi connectivity index (χ1n) is 6.15. The van der Waals surface area contributed by atoms with Crippen molar-refractivity contribution in [1.29, 1.82) is 0 Å². The Bertz CT molecular complexity index is 680. The van der Waals surface area contributed by atoms with E-state index in [0.717, 1.165) is 5.56 Å². The third-order valence-corrected chi connectivity index (χ3v) is 3.87. The average molecular weight is 295 g/mol. The highest BCUT2D eigenvalue weighted by Gasteiger charge is 2.16. The number of nitrogens with one attached hydrogen (secondary N) is 2. The first kappa shape index (κ1) is 14.5. The predicted molar refractivity (Wildman–Crippen MR) is 76.7 cm³/mol. The maximum atomic E-state index is 12.1. The quantitative estimate of drug-likeness (QED) is 0.846. The third kappa shape index (κ3) is 3.82. The fraction of sp³-hybridized carbons (Fsp3) is 0.308. The average Bonchev–Trinajstić information content (AvgIpc) is 2.76. The smallest absolute Gasteiger partial charge is 0.238 e. The summed E-state index contributed by atoms with van der Waals surface area (Å²) >= 11 is 0. The Kier molecular flexibility index (Phi) is 4.41. The number of rotatable bonds is 6. The van der Waals surface area contributed by atoms with Crippen molar-refractivity contribution >= 4 is 15.7 Å². The zero-order chi connectivity index (χ0) is 14.6. The maximum Gasteiger partial charge on any atom is 0.238 e. The van der Waals surface area contributed by atoms with Crippen molar-refractivity contribution < 1.29 is 12.9 Å². The summed E-state index contributed by atoms with van der Waals surface area (Å²) in [5.41, 5.74) is 1.85. The van der Waals surface area contributed by atoms with Crippen molar-refractivity contribution in [3.8, 4) is 0 Å². The largest absolute Gasteiger partial charge is 0.361 e. The minimum Gasteiger partial charge on any atom is -0.361 e. The minimum absolute atomic E-state index is 0.210. The second-order valence-electron chi connectivity index (χ2n) is 4.48. The normalized spacial score (nSPS) is 11.5. The van der Waals surface area contributed by atoms with Crippen LogP contribution in [0.3, 0.4) is 0 Å². The van der Waals surface area contributed by atoms with Crippen LogP contribution < -0.4 is 10.0 Å². The summed E-state index contributed by atoms with van der Waals surface area (Å²) in [4.78, 5) is 0. The van der Waals surface area contributed by atoms with Gasteiger partial charge in [0.05, 0.1) is 5.69 Å². The molecule has 1 aromatic heterocycles. The van der Waals surface area contributed by atoms with Gasteiger partial charge in [-0.1, -0.05) is 23.4 Å². The van der Waals surface area contributed by atoms with E-state index >= 15 is 0 Å². The van der Waals surface area contributed by atoms with E-state index in [1.165, 1.54) is 0 Å². The molecule has 0 saturated carbocycles. The van der Waals surface area contributed by atoms with Gasteiger partial charge < -0.3 is 9.84 Å². The number of aryl methyl sites for hydroxylation is 1. The Morgan fingerprint density at radius 2 is 2.05 bits per heavy atom. The van der Waals surface area contributed by atoms with Crippen LogP contribution in [0.2, 0.25) is 0 Å². The number of nitrogens with zero attached hydrogens (tertiary/aromatic N) is 1. The molecule has 6 nitrogen and oxygen atoms in total. The maximum absolute atomic E-state index is 12.1. The summed E-state index contributed by atoms with van der Waals surface area (Å²) in [7, 11) is -1.71. The Morgan fingerprint density at radius 3 is 2.70 bits per heavy atom. The number of anilines is 1. The molecule has 0 aliphatic carbocycles. The van der Waals surface area contributed by atoms with Crippen molar-refractivity contribution in [3.63, 3.8) is 0 Å². The molecule has 0 aliphatic rings. The Balaban J connectivity index is 2.16. The molecule has 0 atom stereocenters. The number of hydrogen-bond acceptors (Lipinski definition) is 5. The van der Waals surface area contributed by atoms with Crippen LogP contribution in [0.25, 0.3) is 0 Å². The third-order valence-electron chi connectivity index (χ3n) is 2.66. The second kappa shape index (κ2) is 6.06. The summed E-state index contributed by atoms with van der Waals surface area (Å²) in [5, 5.41) is 6.70. The van der Waals surface area contributed by atoms with E-state index in [1.54, 1.807) is 25.1 Å². The Labute approximate surface area is 118 Å². The molecule has 0 unspecified atom stereocenters. The highest BCUT2D eigenvalue weighted by Crippen LogP contribution is 2.18. The minimum atomic E-state index is -3.52. The van der Waals surface area contributed by atoms with Gasteiger partial charge >= 0.3 is 0 Å². The summed E-state index contributed by atoms with van der Waals surface area (Å²) in [6.45, 7) is 2.31. The Hall–Kier alpha value is -1.86. The molecule has 0 amide bonds. The number of hydrogen-bond donors (Lipinski definition) is 2. The number of benzene rings is 1. The molecular weight excluding hydrogens is 278 g/mol. The molecule has 1 heterocycles. The summed E-state index contributed by atoms with van der Waals surface area (Å²) < 4.78 is 31.7. The van der Waals surface area contributed by atoms with Gasteiger partial charge in [-0.15, -0.1) is 0 Å². The zero-order valence-corrected chi connectivity index (χ0v) is 12.2. The van der Waals surface area contributed by atoms with Gasteiger partial charge in [0.2, 0.25) is 10.0 Å². The van der Waals surface area contributed by atoms with Crippen molar-refractivity contribution in [1.82, 2.24) is 10.5 Å². The fourth-order valence-corrected chi connectivity index (χ4v) is 2.98. The van der Waals surface area contributed by atoms with Gasteiger partial charge in [0.15, 0.2) is 0 Å².